The highest BCUT2D eigenvalue weighted by Crippen LogP contribution is 2.26. The van der Waals surface area contributed by atoms with Crippen LogP contribution in [0.2, 0.25) is 0 Å². The number of hydrogen-bond donors (Lipinski definition) is 2. The predicted octanol–water partition coefficient (Wildman–Crippen LogP) is 3.45. The highest BCUT2D eigenvalue weighted by Gasteiger charge is 2.16. The van der Waals surface area contributed by atoms with E-state index in [4.69, 9.17) is 4.74 Å². The van der Waals surface area contributed by atoms with Crippen LogP contribution in [-0.2, 0) is 0 Å². The van der Waals surface area contributed by atoms with Crippen LogP contribution in [-0.4, -0.2) is 18.8 Å². The molecule has 0 spiro atoms. The van der Waals surface area contributed by atoms with Gasteiger partial charge in [0.25, 0.3) is 0 Å². The minimum atomic E-state index is -0.0949. The molecule has 2 aromatic rings. The van der Waals surface area contributed by atoms with Crippen LogP contribution in [0.4, 0.5) is 0 Å². The van der Waals surface area contributed by atoms with Gasteiger partial charge in [0.2, 0.25) is 0 Å². The number of hydrogen-bond acceptors (Lipinski definition) is 4. The molecule has 0 aliphatic carbocycles. The largest absolute Gasteiger partial charge is 0.497 e. The zero-order valence-electron chi connectivity index (χ0n) is 12.1. The Balaban J connectivity index is 2.11. The molecule has 0 aliphatic heterocycles. The molecule has 1 heterocycles. The molecule has 2 rings (SSSR count). The number of aryl methyl sites for hydroxylation is 1. The third-order valence-corrected chi connectivity index (χ3v) is 4.50. The molecule has 0 radical (unpaired) electrons. The van der Waals surface area contributed by atoms with Crippen LogP contribution in [0.3, 0.4) is 0 Å². The van der Waals surface area contributed by atoms with Gasteiger partial charge in [0, 0.05) is 15.8 Å². The van der Waals surface area contributed by atoms with Crippen molar-refractivity contribution in [3.63, 3.8) is 0 Å². The summed E-state index contributed by atoms with van der Waals surface area (Å²) in [5.74, 6) is 0.808. The van der Waals surface area contributed by atoms with Gasteiger partial charge >= 0.3 is 0 Å². The van der Waals surface area contributed by atoms with Gasteiger partial charge in [-0.05, 0) is 43.7 Å². The highest BCUT2D eigenvalue weighted by molar-refractivity contribution is 7.12. The Morgan fingerprint density at radius 2 is 2.10 bits per heavy atom. The lowest BCUT2D eigenvalue weighted by Crippen LogP contribution is -2.26. The predicted molar refractivity (Wildman–Crippen MR) is 83.4 cm³/mol. The fourth-order valence-corrected chi connectivity index (χ4v) is 3.07. The molecule has 0 fully saturated rings. The molecule has 4 heteroatoms. The molecule has 3 nitrogen and oxygen atoms in total. The van der Waals surface area contributed by atoms with Gasteiger partial charge in [-0.1, -0.05) is 12.1 Å². The Hall–Kier alpha value is -1.36. The summed E-state index contributed by atoms with van der Waals surface area (Å²) < 4.78 is 5.24. The summed E-state index contributed by atoms with van der Waals surface area (Å²) in [6, 6.07) is 12.2. The summed E-state index contributed by atoms with van der Waals surface area (Å²) in [6.07, 6.45) is 0. The number of benzene rings is 1. The maximum atomic E-state index is 9.64. The minimum absolute atomic E-state index is 0.0574. The van der Waals surface area contributed by atoms with Crippen molar-refractivity contribution >= 4 is 11.3 Å². The van der Waals surface area contributed by atoms with E-state index in [1.807, 2.05) is 24.3 Å². The van der Waals surface area contributed by atoms with E-state index >= 15 is 0 Å². The first-order valence-electron chi connectivity index (χ1n) is 6.71. The molecule has 0 saturated carbocycles. The summed E-state index contributed by atoms with van der Waals surface area (Å²) in [7, 11) is 1.65. The lowest BCUT2D eigenvalue weighted by molar-refractivity contribution is 0.235. The smallest absolute Gasteiger partial charge is 0.119 e. The van der Waals surface area contributed by atoms with E-state index in [0.29, 0.717) is 0 Å². The van der Waals surface area contributed by atoms with Crippen molar-refractivity contribution in [3.8, 4) is 5.75 Å². The number of methoxy groups -OCH3 is 1. The summed E-state index contributed by atoms with van der Waals surface area (Å²) in [5, 5.41) is 13.1. The topological polar surface area (TPSA) is 41.5 Å². The molecule has 0 aliphatic rings. The summed E-state index contributed by atoms with van der Waals surface area (Å²) in [6.45, 7) is 4.28. The molecular weight excluding hydrogens is 270 g/mol. The van der Waals surface area contributed by atoms with E-state index in [0.717, 1.165) is 11.3 Å². The lowest BCUT2D eigenvalue weighted by Gasteiger charge is -2.21. The van der Waals surface area contributed by atoms with Gasteiger partial charge in [-0.3, -0.25) is 0 Å². The lowest BCUT2D eigenvalue weighted by atomic mass is 10.1. The summed E-state index contributed by atoms with van der Waals surface area (Å²) >= 11 is 1.78. The molecule has 1 aromatic heterocycles. The molecule has 2 atom stereocenters. The van der Waals surface area contributed by atoms with Crippen LogP contribution in [0.15, 0.2) is 36.4 Å². The van der Waals surface area contributed by atoms with Gasteiger partial charge in [-0.2, -0.15) is 0 Å². The molecule has 20 heavy (non-hydrogen) atoms. The van der Waals surface area contributed by atoms with Crippen LogP contribution in [0.1, 0.15) is 34.3 Å². The first-order chi connectivity index (χ1) is 9.63. The maximum Gasteiger partial charge on any atom is 0.119 e. The summed E-state index contributed by atoms with van der Waals surface area (Å²) in [4.78, 5) is 2.58. The first kappa shape index (κ1) is 15.0. The average molecular weight is 291 g/mol. The van der Waals surface area contributed by atoms with E-state index in [9.17, 15) is 5.11 Å². The van der Waals surface area contributed by atoms with E-state index < -0.39 is 0 Å². The molecular formula is C16H21NO2S. The third kappa shape index (κ3) is 3.60. The van der Waals surface area contributed by atoms with Crippen molar-refractivity contribution in [1.29, 1.82) is 0 Å². The van der Waals surface area contributed by atoms with E-state index in [1.165, 1.54) is 9.75 Å². The van der Waals surface area contributed by atoms with Gasteiger partial charge in [-0.15, -0.1) is 11.3 Å². The SMILES string of the molecule is COc1cccc(C(CO)NC(C)c2ccc(C)s2)c1. The normalized spacial score (nSPS) is 14.0. The number of aliphatic hydroxyl groups excluding tert-OH is 1. The van der Waals surface area contributed by atoms with Crippen molar-refractivity contribution < 1.29 is 9.84 Å². The summed E-state index contributed by atoms with van der Waals surface area (Å²) in [5.41, 5.74) is 1.03. The van der Waals surface area contributed by atoms with E-state index in [2.05, 4.69) is 31.3 Å². The van der Waals surface area contributed by atoms with Crippen molar-refractivity contribution in [1.82, 2.24) is 5.32 Å². The monoisotopic (exact) mass is 291 g/mol. The molecule has 0 amide bonds. The van der Waals surface area contributed by atoms with Crippen LogP contribution in [0.5, 0.6) is 5.75 Å². The standard InChI is InChI=1S/C16H21NO2S/c1-11-7-8-16(20-11)12(2)17-15(10-18)13-5-4-6-14(9-13)19-3/h4-9,12,15,17-18H,10H2,1-3H3. The Morgan fingerprint density at radius 1 is 1.30 bits per heavy atom. The zero-order chi connectivity index (χ0) is 14.5. The Morgan fingerprint density at radius 3 is 2.70 bits per heavy atom. The number of rotatable bonds is 6. The van der Waals surface area contributed by atoms with Crippen LogP contribution in [0, 0.1) is 6.92 Å². The number of thiophene rings is 1. The molecule has 0 bridgehead atoms. The van der Waals surface area contributed by atoms with Gasteiger partial charge in [0.15, 0.2) is 0 Å². The fraction of sp³-hybridized carbons (Fsp3) is 0.375. The van der Waals surface area contributed by atoms with Crippen molar-refractivity contribution in [2.75, 3.05) is 13.7 Å². The second kappa shape index (κ2) is 6.88. The van der Waals surface area contributed by atoms with Gasteiger partial charge in [-0.25, -0.2) is 0 Å². The molecule has 2 N–H and O–H groups in total. The zero-order valence-corrected chi connectivity index (χ0v) is 12.9. The maximum absolute atomic E-state index is 9.64. The fourth-order valence-electron chi connectivity index (χ4n) is 2.18. The number of ether oxygens (including phenoxy) is 1. The van der Waals surface area contributed by atoms with Crippen LogP contribution in [0.25, 0.3) is 0 Å². The Kier molecular flexibility index (Phi) is 5.17. The van der Waals surface area contributed by atoms with Crippen molar-refractivity contribution in [2.45, 2.75) is 25.9 Å². The quantitative estimate of drug-likeness (QED) is 0.856. The molecule has 108 valence electrons. The average Bonchev–Trinajstić information content (AvgIpc) is 2.91. The highest BCUT2D eigenvalue weighted by atomic mass is 32.1. The minimum Gasteiger partial charge on any atom is -0.497 e. The molecule has 1 aromatic carbocycles. The number of aliphatic hydroxyl groups is 1. The van der Waals surface area contributed by atoms with Crippen LogP contribution < -0.4 is 10.1 Å². The molecule has 0 saturated heterocycles. The number of nitrogens with one attached hydrogen (secondary N) is 1. The third-order valence-electron chi connectivity index (χ3n) is 3.32. The second-order valence-corrected chi connectivity index (χ2v) is 6.17. The first-order valence-corrected chi connectivity index (χ1v) is 7.53. The Labute approximate surface area is 124 Å². The van der Waals surface area contributed by atoms with Gasteiger partial charge in [0.1, 0.15) is 5.75 Å². The van der Waals surface area contributed by atoms with Crippen molar-refractivity contribution in [3.05, 3.63) is 51.7 Å². The van der Waals surface area contributed by atoms with Crippen molar-refractivity contribution in [2.24, 2.45) is 0 Å². The van der Waals surface area contributed by atoms with E-state index in [1.54, 1.807) is 18.4 Å². The Bertz CT molecular complexity index is 553. The second-order valence-electron chi connectivity index (χ2n) is 4.85. The van der Waals surface area contributed by atoms with Gasteiger partial charge < -0.3 is 15.2 Å². The van der Waals surface area contributed by atoms with Crippen LogP contribution >= 0.6 is 11.3 Å². The van der Waals surface area contributed by atoms with E-state index in [-0.39, 0.29) is 18.7 Å². The van der Waals surface area contributed by atoms with Gasteiger partial charge in [0.05, 0.1) is 19.8 Å². The molecule has 2 unspecified atom stereocenters.